The number of rotatable bonds is 4. The van der Waals surface area contributed by atoms with Crippen LogP contribution in [-0.2, 0) is 19.4 Å². The van der Waals surface area contributed by atoms with Crippen LogP contribution in [0.4, 0.5) is 5.82 Å². The van der Waals surface area contributed by atoms with E-state index in [9.17, 15) is 0 Å². The van der Waals surface area contributed by atoms with E-state index in [1.54, 1.807) is 0 Å². The van der Waals surface area contributed by atoms with Gasteiger partial charge in [-0.25, -0.2) is 4.63 Å². The maximum atomic E-state index is 4.77. The fourth-order valence-corrected chi connectivity index (χ4v) is 3.31. The average Bonchev–Trinajstić information content (AvgIpc) is 2.91. The summed E-state index contributed by atoms with van der Waals surface area (Å²) in [7, 11) is 2.12. The number of hydrogen-bond acceptors (Lipinski definition) is 7. The predicted molar refractivity (Wildman–Crippen MR) is 85.2 cm³/mol. The Balaban J connectivity index is 1.36. The molecule has 1 fully saturated rings. The molecule has 0 atom stereocenters. The summed E-state index contributed by atoms with van der Waals surface area (Å²) in [6.45, 7) is 4.65. The van der Waals surface area contributed by atoms with Crippen LogP contribution in [0.25, 0.3) is 0 Å². The highest BCUT2D eigenvalue weighted by molar-refractivity contribution is 5.45. The van der Waals surface area contributed by atoms with Crippen LogP contribution in [0.1, 0.15) is 35.5 Å². The van der Waals surface area contributed by atoms with E-state index in [4.69, 9.17) is 4.63 Å². The Morgan fingerprint density at radius 2 is 2.04 bits per heavy atom. The van der Waals surface area contributed by atoms with Crippen molar-refractivity contribution in [2.45, 2.75) is 45.2 Å². The predicted octanol–water partition coefficient (Wildman–Crippen LogP) is 1.37. The molecule has 1 saturated heterocycles. The second-order valence-electron chi connectivity index (χ2n) is 6.65. The van der Waals surface area contributed by atoms with Crippen LogP contribution in [0.5, 0.6) is 0 Å². The van der Waals surface area contributed by atoms with E-state index in [1.165, 1.54) is 24.1 Å². The largest absolute Gasteiger partial charge is 0.352 e. The molecule has 2 aromatic heterocycles. The molecule has 0 amide bonds. The van der Waals surface area contributed by atoms with Crippen LogP contribution in [0.2, 0.25) is 0 Å². The van der Waals surface area contributed by atoms with Gasteiger partial charge in [-0.3, -0.25) is 4.90 Å². The molecule has 7 heteroatoms. The number of likely N-dealkylation sites (N-methyl/N-ethyl adjacent to an activating group) is 1. The van der Waals surface area contributed by atoms with Gasteiger partial charge in [0.2, 0.25) is 0 Å². The molecule has 2 aromatic rings. The van der Waals surface area contributed by atoms with Crippen LogP contribution < -0.4 is 4.90 Å². The number of hydrogen-bond donors (Lipinski definition) is 0. The van der Waals surface area contributed by atoms with Crippen molar-refractivity contribution in [2.24, 2.45) is 0 Å². The van der Waals surface area contributed by atoms with E-state index in [0.29, 0.717) is 6.04 Å². The SMILES string of the molecule is Cc1nonc1CN(C)C1CN(c2cc3c(nn2)CCCC3)C1. The molecule has 0 bridgehead atoms. The summed E-state index contributed by atoms with van der Waals surface area (Å²) in [6, 6.07) is 2.74. The van der Waals surface area contributed by atoms with Gasteiger partial charge in [-0.15, -0.1) is 5.10 Å². The Bertz CT molecular complexity index is 694. The first-order chi connectivity index (χ1) is 11.2. The molecule has 1 aliphatic carbocycles. The van der Waals surface area contributed by atoms with Gasteiger partial charge in [-0.1, -0.05) is 10.3 Å². The first-order valence-electron chi connectivity index (χ1n) is 8.29. The van der Waals surface area contributed by atoms with Crippen LogP contribution in [0.3, 0.4) is 0 Å². The summed E-state index contributed by atoms with van der Waals surface area (Å²) in [5, 5.41) is 16.6. The maximum absolute atomic E-state index is 4.77. The van der Waals surface area contributed by atoms with Gasteiger partial charge in [-0.05, 0) is 51.3 Å². The highest BCUT2D eigenvalue weighted by Crippen LogP contribution is 2.26. The lowest BCUT2D eigenvalue weighted by Gasteiger charge is -2.44. The molecule has 0 radical (unpaired) electrons. The van der Waals surface area contributed by atoms with Gasteiger partial charge < -0.3 is 4.90 Å². The zero-order valence-electron chi connectivity index (χ0n) is 13.7. The van der Waals surface area contributed by atoms with Gasteiger partial charge in [0.05, 0.1) is 5.69 Å². The lowest BCUT2D eigenvalue weighted by Crippen LogP contribution is -2.58. The van der Waals surface area contributed by atoms with Crippen LogP contribution in [0.15, 0.2) is 10.7 Å². The average molecular weight is 314 g/mol. The molecule has 7 nitrogen and oxygen atoms in total. The van der Waals surface area contributed by atoms with Gasteiger partial charge in [0.15, 0.2) is 5.82 Å². The first-order valence-corrected chi connectivity index (χ1v) is 8.29. The van der Waals surface area contributed by atoms with Crippen molar-refractivity contribution >= 4 is 5.82 Å². The Hall–Kier alpha value is -2.02. The zero-order valence-corrected chi connectivity index (χ0v) is 13.7. The molecule has 0 saturated carbocycles. The zero-order chi connectivity index (χ0) is 15.8. The van der Waals surface area contributed by atoms with E-state index < -0.39 is 0 Å². The maximum Gasteiger partial charge on any atom is 0.151 e. The third-order valence-corrected chi connectivity index (χ3v) is 5.01. The second-order valence-corrected chi connectivity index (χ2v) is 6.65. The lowest BCUT2D eigenvalue weighted by molar-refractivity contribution is 0.190. The van der Waals surface area contributed by atoms with E-state index in [-0.39, 0.29) is 0 Å². The molecular formula is C16H22N6O. The summed E-state index contributed by atoms with van der Waals surface area (Å²) < 4.78 is 4.77. The van der Waals surface area contributed by atoms with E-state index >= 15 is 0 Å². The minimum atomic E-state index is 0.504. The van der Waals surface area contributed by atoms with Crippen molar-refractivity contribution in [2.75, 3.05) is 25.0 Å². The summed E-state index contributed by atoms with van der Waals surface area (Å²) in [5.41, 5.74) is 4.37. The molecule has 0 N–H and O–H groups in total. The van der Waals surface area contributed by atoms with Gasteiger partial charge in [0.1, 0.15) is 11.4 Å². The number of fused-ring (bicyclic) bond motifs is 1. The molecule has 3 heterocycles. The number of nitrogens with zero attached hydrogens (tertiary/aromatic N) is 6. The Kier molecular flexibility index (Phi) is 3.72. The molecule has 4 rings (SSSR count). The van der Waals surface area contributed by atoms with E-state index in [2.05, 4.69) is 43.4 Å². The lowest BCUT2D eigenvalue weighted by atomic mass is 9.96. The third-order valence-electron chi connectivity index (χ3n) is 5.01. The first kappa shape index (κ1) is 14.6. The molecule has 0 unspecified atom stereocenters. The van der Waals surface area contributed by atoms with Crippen LogP contribution in [0, 0.1) is 6.92 Å². The van der Waals surface area contributed by atoms with Crippen molar-refractivity contribution in [3.63, 3.8) is 0 Å². The van der Waals surface area contributed by atoms with Crippen molar-refractivity contribution in [1.82, 2.24) is 25.4 Å². The summed E-state index contributed by atoms with van der Waals surface area (Å²) in [5.74, 6) is 1.02. The summed E-state index contributed by atoms with van der Waals surface area (Å²) in [6.07, 6.45) is 4.75. The second kappa shape index (κ2) is 5.88. The van der Waals surface area contributed by atoms with Crippen molar-refractivity contribution < 1.29 is 4.63 Å². The van der Waals surface area contributed by atoms with Crippen LogP contribution in [-0.4, -0.2) is 51.6 Å². The van der Waals surface area contributed by atoms with E-state index in [0.717, 1.165) is 49.7 Å². The molecular weight excluding hydrogens is 292 g/mol. The quantitative estimate of drug-likeness (QED) is 0.844. The molecule has 0 aromatic carbocycles. The van der Waals surface area contributed by atoms with Gasteiger partial charge in [0, 0.05) is 25.7 Å². The Morgan fingerprint density at radius 3 is 2.83 bits per heavy atom. The van der Waals surface area contributed by atoms with Crippen LogP contribution >= 0.6 is 0 Å². The highest BCUT2D eigenvalue weighted by atomic mass is 16.6. The third kappa shape index (κ3) is 2.81. The summed E-state index contributed by atoms with van der Waals surface area (Å²) >= 11 is 0. The van der Waals surface area contributed by atoms with Crippen molar-refractivity contribution in [3.05, 3.63) is 28.7 Å². The molecule has 2 aliphatic rings. The minimum Gasteiger partial charge on any atom is -0.352 e. The van der Waals surface area contributed by atoms with Gasteiger partial charge >= 0.3 is 0 Å². The van der Waals surface area contributed by atoms with Crippen molar-refractivity contribution in [3.8, 4) is 0 Å². The summed E-state index contributed by atoms with van der Waals surface area (Å²) in [4.78, 5) is 4.60. The van der Waals surface area contributed by atoms with E-state index in [1.807, 2.05) is 6.92 Å². The van der Waals surface area contributed by atoms with Gasteiger partial charge in [0.25, 0.3) is 0 Å². The Labute approximate surface area is 135 Å². The fourth-order valence-electron chi connectivity index (χ4n) is 3.31. The standard InChI is InChI=1S/C16H22N6O/c1-11-15(20-23-19-11)10-21(2)13-8-22(9-13)16-7-12-5-3-4-6-14(12)17-18-16/h7,13H,3-6,8-10H2,1-2H3. The smallest absolute Gasteiger partial charge is 0.151 e. The normalized spacial score (nSPS) is 18.1. The molecule has 122 valence electrons. The highest BCUT2D eigenvalue weighted by Gasteiger charge is 2.32. The Morgan fingerprint density at radius 1 is 1.22 bits per heavy atom. The topological polar surface area (TPSA) is 71.2 Å². The van der Waals surface area contributed by atoms with Gasteiger partial charge in [-0.2, -0.15) is 5.10 Å². The number of aromatic nitrogens is 4. The number of aryl methyl sites for hydroxylation is 3. The number of anilines is 1. The minimum absolute atomic E-state index is 0.504. The fraction of sp³-hybridized carbons (Fsp3) is 0.625. The molecule has 23 heavy (non-hydrogen) atoms. The molecule has 1 aliphatic heterocycles. The monoisotopic (exact) mass is 314 g/mol. The van der Waals surface area contributed by atoms with Crippen molar-refractivity contribution in [1.29, 1.82) is 0 Å². The molecule has 0 spiro atoms.